The smallest absolute Gasteiger partial charge is 0.226 e. The molecule has 0 bridgehead atoms. The third-order valence-corrected chi connectivity index (χ3v) is 4.50. The van der Waals surface area contributed by atoms with Crippen LogP contribution in [-0.2, 0) is 11.2 Å². The van der Waals surface area contributed by atoms with Crippen LogP contribution >= 0.6 is 11.3 Å². The number of nitrogens with one attached hydrogen (secondary N) is 1. The van der Waals surface area contributed by atoms with Gasteiger partial charge in [0.05, 0.1) is 29.0 Å². The van der Waals surface area contributed by atoms with Crippen LogP contribution in [0.1, 0.15) is 17.5 Å². The first-order chi connectivity index (χ1) is 11.7. The molecule has 1 amide bonds. The number of nitriles is 1. The summed E-state index contributed by atoms with van der Waals surface area (Å²) in [6.07, 6.45) is 0.988. The zero-order valence-electron chi connectivity index (χ0n) is 13.1. The summed E-state index contributed by atoms with van der Waals surface area (Å²) in [5.74, 6) is 0.690. The molecule has 3 aromatic rings. The van der Waals surface area contributed by atoms with Crippen molar-refractivity contribution in [2.75, 3.05) is 12.4 Å². The van der Waals surface area contributed by atoms with Gasteiger partial charge in [0.25, 0.3) is 0 Å². The molecule has 5 nitrogen and oxygen atoms in total. The number of thiazole rings is 1. The van der Waals surface area contributed by atoms with E-state index in [1.54, 1.807) is 19.2 Å². The molecule has 2 aromatic carbocycles. The van der Waals surface area contributed by atoms with E-state index in [0.717, 1.165) is 21.5 Å². The second-order valence-electron chi connectivity index (χ2n) is 5.21. The van der Waals surface area contributed by atoms with Gasteiger partial charge in [0, 0.05) is 6.42 Å². The highest BCUT2D eigenvalue weighted by Crippen LogP contribution is 2.29. The van der Waals surface area contributed by atoms with Crippen molar-refractivity contribution in [1.82, 2.24) is 4.98 Å². The molecule has 1 heterocycles. The first-order valence-electron chi connectivity index (χ1n) is 7.41. The molecule has 1 aromatic heterocycles. The van der Waals surface area contributed by atoms with Crippen LogP contribution < -0.4 is 10.1 Å². The van der Waals surface area contributed by atoms with Crippen LogP contribution in [-0.4, -0.2) is 18.0 Å². The van der Waals surface area contributed by atoms with E-state index < -0.39 is 0 Å². The van der Waals surface area contributed by atoms with Gasteiger partial charge in [-0.15, -0.1) is 0 Å². The molecule has 0 aliphatic rings. The highest BCUT2D eigenvalue weighted by molar-refractivity contribution is 7.22. The van der Waals surface area contributed by atoms with Gasteiger partial charge >= 0.3 is 0 Å². The molecule has 6 heteroatoms. The molecule has 24 heavy (non-hydrogen) atoms. The number of hydrogen-bond donors (Lipinski definition) is 1. The van der Waals surface area contributed by atoms with Crippen LogP contribution in [0.15, 0.2) is 42.5 Å². The van der Waals surface area contributed by atoms with E-state index in [1.807, 2.05) is 30.3 Å². The molecule has 0 atom stereocenters. The average molecular weight is 337 g/mol. The Kier molecular flexibility index (Phi) is 4.73. The zero-order valence-corrected chi connectivity index (χ0v) is 13.9. The maximum atomic E-state index is 12.1. The monoisotopic (exact) mass is 337 g/mol. The lowest BCUT2D eigenvalue weighted by molar-refractivity contribution is -0.116. The lowest BCUT2D eigenvalue weighted by Gasteiger charge is -2.02. The third-order valence-electron chi connectivity index (χ3n) is 3.57. The second kappa shape index (κ2) is 7.11. The van der Waals surface area contributed by atoms with E-state index in [2.05, 4.69) is 16.4 Å². The van der Waals surface area contributed by atoms with E-state index in [1.165, 1.54) is 11.3 Å². The second-order valence-corrected chi connectivity index (χ2v) is 6.24. The van der Waals surface area contributed by atoms with Crippen LogP contribution in [0.3, 0.4) is 0 Å². The number of ether oxygens (including phenoxy) is 1. The number of carbonyl (C=O) groups is 1. The molecule has 0 aliphatic carbocycles. The predicted octanol–water partition coefficient (Wildman–Crippen LogP) is 3.75. The van der Waals surface area contributed by atoms with Crippen molar-refractivity contribution in [2.24, 2.45) is 0 Å². The molecule has 3 rings (SSSR count). The lowest BCUT2D eigenvalue weighted by atomic mass is 10.1. The fourth-order valence-electron chi connectivity index (χ4n) is 2.27. The number of anilines is 1. The van der Waals surface area contributed by atoms with Crippen molar-refractivity contribution in [2.45, 2.75) is 12.8 Å². The van der Waals surface area contributed by atoms with E-state index in [-0.39, 0.29) is 5.91 Å². The predicted molar refractivity (Wildman–Crippen MR) is 94.3 cm³/mol. The molecule has 0 saturated carbocycles. The Morgan fingerprint density at radius 1 is 1.29 bits per heavy atom. The molecular formula is C18H15N3O2S. The number of nitrogens with zero attached hydrogens (tertiary/aromatic N) is 2. The minimum Gasteiger partial charge on any atom is -0.497 e. The van der Waals surface area contributed by atoms with Gasteiger partial charge < -0.3 is 10.1 Å². The molecule has 0 saturated heterocycles. The first kappa shape index (κ1) is 16.0. The SMILES string of the molecule is COc1ccc2nc(NC(=O)CCc3ccc(C#N)cc3)sc2c1. The van der Waals surface area contributed by atoms with Crippen molar-refractivity contribution < 1.29 is 9.53 Å². The van der Waals surface area contributed by atoms with Gasteiger partial charge in [0.2, 0.25) is 5.91 Å². The number of aryl methyl sites for hydroxylation is 1. The van der Waals surface area contributed by atoms with Crippen molar-refractivity contribution >= 4 is 32.6 Å². The molecule has 0 spiro atoms. The Labute approximate surface area is 143 Å². The highest BCUT2D eigenvalue weighted by Gasteiger charge is 2.09. The maximum absolute atomic E-state index is 12.1. The maximum Gasteiger partial charge on any atom is 0.226 e. The van der Waals surface area contributed by atoms with Gasteiger partial charge in [0.1, 0.15) is 5.75 Å². The van der Waals surface area contributed by atoms with Gasteiger partial charge in [-0.1, -0.05) is 23.5 Å². The Morgan fingerprint density at radius 2 is 2.08 bits per heavy atom. The highest BCUT2D eigenvalue weighted by atomic mass is 32.1. The van der Waals surface area contributed by atoms with Gasteiger partial charge in [-0.2, -0.15) is 5.26 Å². The summed E-state index contributed by atoms with van der Waals surface area (Å²) in [6, 6.07) is 15.0. The first-order valence-corrected chi connectivity index (χ1v) is 8.23. The Hall–Kier alpha value is -2.91. The van der Waals surface area contributed by atoms with Crippen molar-refractivity contribution in [3.8, 4) is 11.8 Å². The molecular weight excluding hydrogens is 322 g/mol. The van der Waals surface area contributed by atoms with Crippen molar-refractivity contribution in [3.05, 3.63) is 53.6 Å². The number of hydrogen-bond acceptors (Lipinski definition) is 5. The number of methoxy groups -OCH3 is 1. The summed E-state index contributed by atoms with van der Waals surface area (Å²) in [5, 5.41) is 12.2. The molecule has 120 valence electrons. The molecule has 0 aliphatic heterocycles. The Morgan fingerprint density at radius 3 is 2.79 bits per heavy atom. The van der Waals surface area contributed by atoms with Crippen LogP contribution in [0, 0.1) is 11.3 Å². The number of aromatic nitrogens is 1. The number of rotatable bonds is 5. The Bertz CT molecular complexity index is 910. The standard InChI is InChI=1S/C18H15N3O2S/c1-23-14-7-8-15-16(10-14)24-18(20-15)21-17(22)9-6-12-2-4-13(11-19)5-3-12/h2-5,7-8,10H,6,9H2,1H3,(H,20,21,22). The molecule has 0 unspecified atom stereocenters. The normalized spacial score (nSPS) is 10.3. The summed E-state index contributed by atoms with van der Waals surface area (Å²) in [7, 11) is 1.62. The minimum absolute atomic E-state index is 0.0784. The van der Waals surface area contributed by atoms with Gasteiger partial charge in [-0.3, -0.25) is 4.79 Å². The van der Waals surface area contributed by atoms with Crippen molar-refractivity contribution in [1.29, 1.82) is 5.26 Å². The summed E-state index contributed by atoms with van der Waals surface area (Å²) in [6.45, 7) is 0. The fourth-order valence-corrected chi connectivity index (χ4v) is 3.18. The summed E-state index contributed by atoms with van der Waals surface area (Å²) >= 11 is 1.42. The summed E-state index contributed by atoms with van der Waals surface area (Å²) in [4.78, 5) is 16.5. The Balaban J connectivity index is 1.61. The number of carbonyl (C=O) groups excluding carboxylic acids is 1. The van der Waals surface area contributed by atoms with Crippen LogP contribution in [0.25, 0.3) is 10.2 Å². The summed E-state index contributed by atoms with van der Waals surface area (Å²) < 4.78 is 6.16. The quantitative estimate of drug-likeness (QED) is 0.769. The molecule has 1 N–H and O–H groups in total. The number of amides is 1. The number of fused-ring (bicyclic) bond motifs is 1. The molecule has 0 radical (unpaired) electrons. The zero-order chi connectivity index (χ0) is 16.9. The molecule has 0 fully saturated rings. The van der Waals surface area contributed by atoms with Crippen LogP contribution in [0.5, 0.6) is 5.75 Å². The van der Waals surface area contributed by atoms with Gasteiger partial charge in [-0.05, 0) is 42.3 Å². The largest absolute Gasteiger partial charge is 0.497 e. The topological polar surface area (TPSA) is 75.0 Å². The van der Waals surface area contributed by atoms with Gasteiger partial charge in [0.15, 0.2) is 5.13 Å². The van der Waals surface area contributed by atoms with E-state index in [0.29, 0.717) is 23.5 Å². The summed E-state index contributed by atoms with van der Waals surface area (Å²) in [5.41, 5.74) is 2.48. The van der Waals surface area contributed by atoms with E-state index in [4.69, 9.17) is 10.00 Å². The third kappa shape index (κ3) is 3.70. The van der Waals surface area contributed by atoms with Crippen LogP contribution in [0.2, 0.25) is 0 Å². The fraction of sp³-hybridized carbons (Fsp3) is 0.167. The van der Waals surface area contributed by atoms with Crippen LogP contribution in [0.4, 0.5) is 5.13 Å². The average Bonchev–Trinajstić information content (AvgIpc) is 3.01. The lowest BCUT2D eigenvalue weighted by Crippen LogP contribution is -2.12. The minimum atomic E-state index is -0.0784. The van der Waals surface area contributed by atoms with Gasteiger partial charge in [-0.25, -0.2) is 4.98 Å². The van der Waals surface area contributed by atoms with E-state index >= 15 is 0 Å². The van der Waals surface area contributed by atoms with E-state index in [9.17, 15) is 4.79 Å². The number of benzene rings is 2. The van der Waals surface area contributed by atoms with Crippen molar-refractivity contribution in [3.63, 3.8) is 0 Å².